The summed E-state index contributed by atoms with van der Waals surface area (Å²) in [5, 5.41) is 2.58. The summed E-state index contributed by atoms with van der Waals surface area (Å²) in [5.74, 6) is -0.686. The van der Waals surface area contributed by atoms with Gasteiger partial charge < -0.3 is 5.32 Å². The van der Waals surface area contributed by atoms with Gasteiger partial charge in [0.2, 0.25) is 5.91 Å². The van der Waals surface area contributed by atoms with Crippen molar-refractivity contribution in [2.75, 3.05) is 20.9 Å². The maximum Gasteiger partial charge on any atom is 0.416 e. The quantitative estimate of drug-likeness (QED) is 0.226. The number of halogens is 3. The second-order valence-electron chi connectivity index (χ2n) is 9.87. The second-order valence-corrected chi connectivity index (χ2v) is 13.4. The minimum atomic E-state index is -4.64. The number of nitrogens with one attached hydrogen (secondary N) is 2. The fourth-order valence-corrected chi connectivity index (χ4v) is 6.67. The molecular formula is C30H28F3N3O5S2. The van der Waals surface area contributed by atoms with E-state index >= 15 is 0 Å². The Balaban J connectivity index is 1.55. The highest BCUT2D eigenvalue weighted by Crippen LogP contribution is 2.32. The van der Waals surface area contributed by atoms with Gasteiger partial charge in [0, 0.05) is 11.4 Å². The van der Waals surface area contributed by atoms with E-state index in [4.69, 9.17) is 0 Å². The standard InChI is InChI=1S/C30H28F3N3O5S2/c1-20-8-13-27(14-9-20)43(40,41)36(28-17-21(2)7-10-22(28)3)19-29(37)34-24-11-15-26(16-12-24)42(38,39)35-25-6-4-5-23(18-25)30(31,32)33/h4-18,35H,19H2,1-3H3,(H,34,37). The molecule has 0 fully saturated rings. The summed E-state index contributed by atoms with van der Waals surface area (Å²) >= 11 is 0. The first kappa shape index (κ1) is 31.6. The molecular weight excluding hydrogens is 603 g/mol. The van der Waals surface area contributed by atoms with Crippen LogP contribution in [0.25, 0.3) is 0 Å². The van der Waals surface area contributed by atoms with Gasteiger partial charge in [-0.1, -0.05) is 35.9 Å². The van der Waals surface area contributed by atoms with E-state index in [2.05, 4.69) is 10.0 Å². The van der Waals surface area contributed by atoms with Crippen LogP contribution in [0.3, 0.4) is 0 Å². The van der Waals surface area contributed by atoms with Gasteiger partial charge in [0.05, 0.1) is 21.0 Å². The highest BCUT2D eigenvalue weighted by atomic mass is 32.2. The first-order chi connectivity index (χ1) is 20.1. The molecule has 0 aromatic heterocycles. The van der Waals surface area contributed by atoms with Gasteiger partial charge in [-0.3, -0.25) is 13.8 Å². The topological polar surface area (TPSA) is 113 Å². The minimum Gasteiger partial charge on any atom is -0.325 e. The Morgan fingerprint density at radius 2 is 1.35 bits per heavy atom. The molecule has 0 spiro atoms. The smallest absolute Gasteiger partial charge is 0.325 e. The maximum absolute atomic E-state index is 13.7. The number of sulfonamides is 2. The molecule has 0 unspecified atom stereocenters. The first-order valence-corrected chi connectivity index (χ1v) is 15.8. The summed E-state index contributed by atoms with van der Waals surface area (Å²) < 4.78 is 95.1. The molecule has 0 saturated carbocycles. The number of carbonyl (C=O) groups is 1. The number of rotatable bonds is 9. The lowest BCUT2D eigenvalue weighted by atomic mass is 10.1. The summed E-state index contributed by atoms with van der Waals surface area (Å²) in [6.45, 7) is 4.79. The van der Waals surface area contributed by atoms with E-state index in [1.165, 1.54) is 30.3 Å². The van der Waals surface area contributed by atoms with Crippen LogP contribution in [-0.4, -0.2) is 29.3 Å². The van der Waals surface area contributed by atoms with Crippen molar-refractivity contribution in [3.05, 3.63) is 113 Å². The third kappa shape index (κ3) is 7.54. The number of carbonyl (C=O) groups excluding carboxylic acids is 1. The molecule has 13 heteroatoms. The third-order valence-corrected chi connectivity index (χ3v) is 9.59. The Kier molecular flexibility index (Phi) is 8.88. The van der Waals surface area contributed by atoms with Gasteiger partial charge in [-0.05, 0) is 92.6 Å². The molecule has 0 heterocycles. The molecule has 8 nitrogen and oxygen atoms in total. The number of alkyl halides is 3. The van der Waals surface area contributed by atoms with Crippen molar-refractivity contribution in [1.29, 1.82) is 0 Å². The molecule has 226 valence electrons. The van der Waals surface area contributed by atoms with Gasteiger partial charge in [-0.15, -0.1) is 0 Å². The van der Waals surface area contributed by atoms with Gasteiger partial charge in [0.15, 0.2) is 0 Å². The Bertz CT molecular complexity index is 1860. The molecule has 0 aliphatic carbocycles. The minimum absolute atomic E-state index is 0.00892. The molecule has 4 rings (SSSR count). The van der Waals surface area contributed by atoms with Crippen LogP contribution in [0.4, 0.5) is 30.2 Å². The second kappa shape index (κ2) is 12.1. The number of nitrogens with zero attached hydrogens (tertiary/aromatic N) is 1. The average Bonchev–Trinajstić information content (AvgIpc) is 2.93. The lowest BCUT2D eigenvalue weighted by Crippen LogP contribution is -2.38. The fourth-order valence-electron chi connectivity index (χ4n) is 4.15. The summed E-state index contributed by atoms with van der Waals surface area (Å²) in [7, 11) is -8.41. The van der Waals surface area contributed by atoms with Crippen molar-refractivity contribution < 1.29 is 34.8 Å². The molecule has 43 heavy (non-hydrogen) atoms. The van der Waals surface area contributed by atoms with Gasteiger partial charge in [-0.2, -0.15) is 13.2 Å². The molecule has 0 aliphatic rings. The molecule has 0 atom stereocenters. The van der Waals surface area contributed by atoms with Crippen LogP contribution in [0.1, 0.15) is 22.3 Å². The molecule has 2 N–H and O–H groups in total. The normalized spacial score (nSPS) is 12.0. The summed E-state index contributed by atoms with van der Waals surface area (Å²) in [4.78, 5) is 12.9. The zero-order valence-electron chi connectivity index (χ0n) is 23.3. The zero-order chi connectivity index (χ0) is 31.6. The molecule has 4 aromatic carbocycles. The van der Waals surface area contributed by atoms with E-state index in [0.29, 0.717) is 17.3 Å². The predicted octanol–water partition coefficient (Wildman–Crippen LogP) is 6.27. The third-order valence-electron chi connectivity index (χ3n) is 6.42. The van der Waals surface area contributed by atoms with Gasteiger partial charge >= 0.3 is 6.18 Å². The highest BCUT2D eigenvalue weighted by Gasteiger charge is 2.31. The van der Waals surface area contributed by atoms with Crippen LogP contribution < -0.4 is 14.3 Å². The van der Waals surface area contributed by atoms with Crippen molar-refractivity contribution in [3.8, 4) is 0 Å². The average molecular weight is 632 g/mol. The van der Waals surface area contributed by atoms with E-state index in [-0.39, 0.29) is 21.2 Å². The monoisotopic (exact) mass is 631 g/mol. The van der Waals surface area contributed by atoms with Crippen LogP contribution in [0.2, 0.25) is 0 Å². The number of anilines is 3. The van der Waals surface area contributed by atoms with Crippen LogP contribution in [0.5, 0.6) is 0 Å². The Morgan fingerprint density at radius 3 is 1.98 bits per heavy atom. The van der Waals surface area contributed by atoms with Crippen molar-refractivity contribution in [1.82, 2.24) is 0 Å². The van der Waals surface area contributed by atoms with Gasteiger partial charge in [0.1, 0.15) is 6.54 Å². The van der Waals surface area contributed by atoms with Crippen LogP contribution in [0, 0.1) is 20.8 Å². The number of hydrogen-bond donors (Lipinski definition) is 2. The first-order valence-electron chi connectivity index (χ1n) is 12.8. The van der Waals surface area contributed by atoms with Crippen molar-refractivity contribution in [3.63, 3.8) is 0 Å². The van der Waals surface area contributed by atoms with E-state index in [9.17, 15) is 34.8 Å². The molecule has 0 bridgehead atoms. The van der Waals surface area contributed by atoms with E-state index in [1.54, 1.807) is 38.1 Å². The Morgan fingerprint density at radius 1 is 0.744 bits per heavy atom. The van der Waals surface area contributed by atoms with Crippen molar-refractivity contribution in [2.45, 2.75) is 36.7 Å². The summed E-state index contributed by atoms with van der Waals surface area (Å²) in [5.41, 5.74) is 1.52. The lowest BCUT2D eigenvalue weighted by Gasteiger charge is -2.26. The number of amides is 1. The van der Waals surface area contributed by atoms with E-state index in [1.807, 2.05) is 13.0 Å². The number of hydrogen-bond acceptors (Lipinski definition) is 5. The summed E-state index contributed by atoms with van der Waals surface area (Å²) in [6.07, 6.45) is -4.64. The number of benzene rings is 4. The van der Waals surface area contributed by atoms with E-state index in [0.717, 1.165) is 39.7 Å². The Labute approximate surface area is 248 Å². The maximum atomic E-state index is 13.7. The molecule has 0 aliphatic heterocycles. The molecule has 0 radical (unpaired) electrons. The van der Waals surface area contributed by atoms with Crippen molar-refractivity contribution in [2.24, 2.45) is 0 Å². The lowest BCUT2D eigenvalue weighted by molar-refractivity contribution is -0.137. The largest absolute Gasteiger partial charge is 0.416 e. The van der Waals surface area contributed by atoms with Crippen LogP contribution >= 0.6 is 0 Å². The van der Waals surface area contributed by atoms with E-state index < -0.39 is 44.2 Å². The zero-order valence-corrected chi connectivity index (χ0v) is 24.9. The SMILES string of the molecule is Cc1ccc(S(=O)(=O)N(CC(=O)Nc2ccc(S(=O)(=O)Nc3cccc(C(F)(F)F)c3)cc2)c2cc(C)ccc2C)cc1. The van der Waals surface area contributed by atoms with Gasteiger partial charge in [0.25, 0.3) is 20.0 Å². The molecule has 1 amide bonds. The molecule has 0 saturated heterocycles. The predicted molar refractivity (Wildman–Crippen MR) is 159 cm³/mol. The number of aryl methyl sites for hydroxylation is 3. The molecule has 4 aromatic rings. The fraction of sp³-hybridized carbons (Fsp3) is 0.167. The van der Waals surface area contributed by atoms with Crippen LogP contribution in [-0.2, 0) is 31.0 Å². The highest BCUT2D eigenvalue weighted by molar-refractivity contribution is 7.93. The van der Waals surface area contributed by atoms with Crippen molar-refractivity contribution >= 4 is 43.0 Å². The Hall–Kier alpha value is -4.36. The summed E-state index contributed by atoms with van der Waals surface area (Å²) in [6, 6.07) is 20.2. The van der Waals surface area contributed by atoms with Gasteiger partial charge in [-0.25, -0.2) is 16.8 Å². The van der Waals surface area contributed by atoms with Crippen LogP contribution in [0.15, 0.2) is 101 Å².